The molecule has 0 aliphatic heterocycles. The van der Waals surface area contributed by atoms with Gasteiger partial charge in [0.1, 0.15) is 5.75 Å². The number of aryl methyl sites for hydroxylation is 1. The van der Waals surface area contributed by atoms with E-state index < -0.39 is 17.7 Å². The molecule has 1 aliphatic rings. The highest BCUT2D eigenvalue weighted by molar-refractivity contribution is 5.82. The summed E-state index contributed by atoms with van der Waals surface area (Å²) in [4.78, 5) is 11.3. The van der Waals surface area contributed by atoms with Gasteiger partial charge in [0.2, 0.25) is 0 Å². The molecule has 6 heteroatoms. The van der Waals surface area contributed by atoms with Gasteiger partial charge in [-0.15, -0.1) is 13.2 Å². The number of aliphatic carboxylic acids is 1. The molecular weight excluding hydrogens is 261 g/mol. The average Bonchev–Trinajstić information content (AvgIpc) is 2.17. The van der Waals surface area contributed by atoms with Gasteiger partial charge in [-0.05, 0) is 37.0 Å². The smallest absolute Gasteiger partial charge is 0.481 e. The number of hydrogen-bond acceptors (Lipinski definition) is 2. The number of carbonyl (C=O) groups is 1. The Kier molecular flexibility index (Phi) is 3.20. The molecule has 1 aromatic rings. The lowest BCUT2D eigenvalue weighted by atomic mass is 9.64. The standard InChI is InChI=1S/C13H13F3O3/c1-8-7-9(12(11(17)18)5-2-6-12)3-4-10(8)19-13(14,15)16/h3-4,7H,2,5-6H2,1H3,(H,17,18). The highest BCUT2D eigenvalue weighted by Crippen LogP contribution is 2.45. The van der Waals surface area contributed by atoms with Gasteiger partial charge in [0.05, 0.1) is 5.41 Å². The van der Waals surface area contributed by atoms with Gasteiger partial charge in [-0.2, -0.15) is 0 Å². The molecule has 0 saturated heterocycles. The SMILES string of the molecule is Cc1cc(C2(C(=O)O)CCC2)ccc1OC(F)(F)F. The molecular formula is C13H13F3O3. The molecule has 1 aliphatic carbocycles. The normalized spacial score (nSPS) is 17.7. The Balaban J connectivity index is 2.31. The van der Waals surface area contributed by atoms with E-state index in [9.17, 15) is 23.1 Å². The number of carboxylic acid groups (broad SMARTS) is 1. The number of rotatable bonds is 3. The Morgan fingerprint density at radius 3 is 2.37 bits per heavy atom. The third-order valence-electron chi connectivity index (χ3n) is 3.57. The quantitative estimate of drug-likeness (QED) is 0.918. The first kappa shape index (κ1) is 13.7. The summed E-state index contributed by atoms with van der Waals surface area (Å²) in [5.41, 5.74) is -0.123. The first-order chi connectivity index (χ1) is 8.74. The van der Waals surface area contributed by atoms with Crippen LogP contribution in [0, 0.1) is 6.92 Å². The Labute approximate surface area is 108 Å². The van der Waals surface area contributed by atoms with Crippen LogP contribution in [0.25, 0.3) is 0 Å². The zero-order valence-corrected chi connectivity index (χ0v) is 10.3. The number of ether oxygens (including phenoxy) is 1. The second kappa shape index (κ2) is 4.43. The van der Waals surface area contributed by atoms with Crippen molar-refractivity contribution in [2.45, 2.75) is 38.0 Å². The van der Waals surface area contributed by atoms with E-state index in [0.717, 1.165) is 6.42 Å². The van der Waals surface area contributed by atoms with Crippen molar-refractivity contribution < 1.29 is 27.8 Å². The summed E-state index contributed by atoms with van der Waals surface area (Å²) >= 11 is 0. The summed E-state index contributed by atoms with van der Waals surface area (Å²) in [6, 6.07) is 4.05. The van der Waals surface area contributed by atoms with Gasteiger partial charge in [-0.3, -0.25) is 4.79 Å². The minimum absolute atomic E-state index is 0.280. The lowest BCUT2D eigenvalue weighted by Crippen LogP contribution is -2.42. The van der Waals surface area contributed by atoms with Crippen LogP contribution < -0.4 is 4.74 Å². The fourth-order valence-corrected chi connectivity index (χ4v) is 2.34. The average molecular weight is 274 g/mol. The fourth-order valence-electron chi connectivity index (χ4n) is 2.34. The molecule has 1 saturated carbocycles. The highest BCUT2D eigenvalue weighted by atomic mass is 19.4. The van der Waals surface area contributed by atoms with Crippen LogP contribution in [-0.4, -0.2) is 17.4 Å². The van der Waals surface area contributed by atoms with E-state index in [2.05, 4.69) is 4.74 Å². The molecule has 1 fully saturated rings. The van der Waals surface area contributed by atoms with Crippen LogP contribution in [0.1, 0.15) is 30.4 Å². The molecule has 104 valence electrons. The van der Waals surface area contributed by atoms with E-state index >= 15 is 0 Å². The fraction of sp³-hybridized carbons (Fsp3) is 0.462. The monoisotopic (exact) mass is 274 g/mol. The number of benzene rings is 1. The van der Waals surface area contributed by atoms with Crippen molar-refractivity contribution in [3.8, 4) is 5.75 Å². The van der Waals surface area contributed by atoms with E-state index in [1.165, 1.54) is 25.1 Å². The summed E-state index contributed by atoms with van der Waals surface area (Å²) in [6.07, 6.45) is -2.90. The summed E-state index contributed by atoms with van der Waals surface area (Å²) in [5, 5.41) is 9.27. The third kappa shape index (κ3) is 2.52. The van der Waals surface area contributed by atoms with Gasteiger partial charge in [-0.25, -0.2) is 0 Å². The van der Waals surface area contributed by atoms with Gasteiger partial charge in [0.25, 0.3) is 0 Å². The van der Waals surface area contributed by atoms with E-state index in [1.807, 2.05) is 0 Å². The lowest BCUT2D eigenvalue weighted by molar-refractivity contribution is -0.274. The molecule has 1 aromatic carbocycles. The van der Waals surface area contributed by atoms with Crippen LogP contribution in [0.3, 0.4) is 0 Å². The number of hydrogen-bond donors (Lipinski definition) is 1. The van der Waals surface area contributed by atoms with Crippen LogP contribution >= 0.6 is 0 Å². The zero-order chi connectivity index (χ0) is 14.3. The molecule has 1 N–H and O–H groups in total. The summed E-state index contributed by atoms with van der Waals surface area (Å²) < 4.78 is 40.3. The maximum Gasteiger partial charge on any atom is 0.573 e. The van der Waals surface area contributed by atoms with Gasteiger partial charge in [0, 0.05) is 0 Å². The Bertz CT molecular complexity index is 504. The summed E-state index contributed by atoms with van der Waals surface area (Å²) in [7, 11) is 0. The molecule has 0 heterocycles. The predicted molar refractivity (Wildman–Crippen MR) is 61.0 cm³/mol. The molecule has 19 heavy (non-hydrogen) atoms. The van der Waals surface area contributed by atoms with Crippen molar-refractivity contribution in [3.05, 3.63) is 29.3 Å². The van der Waals surface area contributed by atoms with Crippen LogP contribution in [0.15, 0.2) is 18.2 Å². The van der Waals surface area contributed by atoms with E-state index in [0.29, 0.717) is 18.4 Å². The van der Waals surface area contributed by atoms with Crippen molar-refractivity contribution in [2.75, 3.05) is 0 Å². The van der Waals surface area contributed by atoms with Crippen molar-refractivity contribution in [1.82, 2.24) is 0 Å². The first-order valence-corrected chi connectivity index (χ1v) is 5.85. The number of alkyl halides is 3. The Hall–Kier alpha value is -1.72. The third-order valence-corrected chi connectivity index (χ3v) is 3.57. The summed E-state index contributed by atoms with van der Waals surface area (Å²) in [6.45, 7) is 1.47. The maximum atomic E-state index is 12.1. The van der Waals surface area contributed by atoms with E-state index in [4.69, 9.17) is 0 Å². The largest absolute Gasteiger partial charge is 0.573 e. The molecule has 0 aromatic heterocycles. The Morgan fingerprint density at radius 1 is 1.37 bits per heavy atom. The molecule has 0 spiro atoms. The van der Waals surface area contributed by atoms with Gasteiger partial charge >= 0.3 is 12.3 Å². The number of halogens is 3. The van der Waals surface area contributed by atoms with Crippen LogP contribution in [-0.2, 0) is 10.2 Å². The van der Waals surface area contributed by atoms with E-state index in [-0.39, 0.29) is 11.3 Å². The van der Waals surface area contributed by atoms with Crippen LogP contribution in [0.5, 0.6) is 5.75 Å². The van der Waals surface area contributed by atoms with Crippen molar-refractivity contribution in [2.24, 2.45) is 0 Å². The minimum Gasteiger partial charge on any atom is -0.481 e. The molecule has 0 bridgehead atoms. The highest BCUT2D eigenvalue weighted by Gasteiger charge is 2.46. The second-order valence-corrected chi connectivity index (χ2v) is 4.77. The lowest BCUT2D eigenvalue weighted by Gasteiger charge is -2.38. The van der Waals surface area contributed by atoms with Crippen molar-refractivity contribution >= 4 is 5.97 Å². The predicted octanol–water partition coefficient (Wildman–Crippen LogP) is 3.40. The van der Waals surface area contributed by atoms with Crippen LogP contribution in [0.4, 0.5) is 13.2 Å². The molecule has 0 amide bonds. The maximum absolute atomic E-state index is 12.1. The molecule has 0 radical (unpaired) electrons. The van der Waals surface area contributed by atoms with Crippen molar-refractivity contribution in [1.29, 1.82) is 0 Å². The zero-order valence-electron chi connectivity index (χ0n) is 10.3. The molecule has 0 unspecified atom stereocenters. The molecule has 2 rings (SSSR count). The molecule has 0 atom stereocenters. The van der Waals surface area contributed by atoms with Crippen molar-refractivity contribution in [3.63, 3.8) is 0 Å². The Morgan fingerprint density at radius 2 is 2.00 bits per heavy atom. The van der Waals surface area contributed by atoms with E-state index in [1.54, 1.807) is 0 Å². The first-order valence-electron chi connectivity index (χ1n) is 5.85. The summed E-state index contributed by atoms with van der Waals surface area (Å²) in [5.74, 6) is -1.22. The molecule has 3 nitrogen and oxygen atoms in total. The van der Waals surface area contributed by atoms with Gasteiger partial charge in [-0.1, -0.05) is 18.6 Å². The van der Waals surface area contributed by atoms with Crippen LogP contribution in [0.2, 0.25) is 0 Å². The number of carboxylic acids is 1. The minimum atomic E-state index is -4.74. The topological polar surface area (TPSA) is 46.5 Å². The second-order valence-electron chi connectivity index (χ2n) is 4.77. The van der Waals surface area contributed by atoms with Gasteiger partial charge in [0.15, 0.2) is 0 Å². The van der Waals surface area contributed by atoms with Gasteiger partial charge < -0.3 is 9.84 Å².